The molecule has 1 unspecified atom stereocenters. The Kier molecular flexibility index (Phi) is 5.74. The molecule has 0 radical (unpaired) electrons. The Morgan fingerprint density at radius 1 is 1.36 bits per heavy atom. The van der Waals surface area contributed by atoms with Gasteiger partial charge >= 0.3 is 0 Å². The summed E-state index contributed by atoms with van der Waals surface area (Å²) in [5, 5.41) is 0. The van der Waals surface area contributed by atoms with Crippen molar-refractivity contribution in [2.75, 3.05) is 0 Å². The predicted molar refractivity (Wildman–Crippen MR) is 61.3 cm³/mol. The third-order valence-electron chi connectivity index (χ3n) is 2.01. The second-order valence-corrected chi connectivity index (χ2v) is 12.2. The van der Waals surface area contributed by atoms with Crippen LogP contribution >= 0.6 is 11.1 Å². The molecule has 0 nitrogen and oxygen atoms in total. The molecule has 0 aliphatic rings. The van der Waals surface area contributed by atoms with Gasteiger partial charge in [0, 0.05) is 10.2 Å². The third-order valence-corrected chi connectivity index (χ3v) is 4.64. The van der Waals surface area contributed by atoms with Gasteiger partial charge in [0.25, 0.3) is 0 Å². The van der Waals surface area contributed by atoms with Gasteiger partial charge < -0.3 is 0 Å². The highest BCUT2D eigenvalue weighted by Crippen LogP contribution is 2.21. The van der Waals surface area contributed by atoms with Crippen LogP contribution in [-0.4, -0.2) is 17.6 Å². The maximum atomic E-state index is 6.22. The molecule has 1 atom stereocenters. The Hall–Kier alpha value is 0.724. The molecular formula is C8H21ClSi2. The first-order chi connectivity index (χ1) is 4.95. The zero-order chi connectivity index (χ0) is 8.91. The van der Waals surface area contributed by atoms with Gasteiger partial charge in [-0.15, -0.1) is 0 Å². The summed E-state index contributed by atoms with van der Waals surface area (Å²) in [5.41, 5.74) is 0. The zero-order valence-corrected chi connectivity index (χ0v) is 12.0. The minimum absolute atomic E-state index is 0.915. The molecule has 0 aromatic rings. The van der Waals surface area contributed by atoms with E-state index in [-0.39, 0.29) is 0 Å². The summed E-state index contributed by atoms with van der Waals surface area (Å²) >= 11 is 6.22. The van der Waals surface area contributed by atoms with Crippen LogP contribution in [0.3, 0.4) is 0 Å². The van der Waals surface area contributed by atoms with Crippen LogP contribution in [0.2, 0.25) is 25.2 Å². The Morgan fingerprint density at radius 2 is 1.91 bits per heavy atom. The molecule has 0 aromatic carbocycles. The van der Waals surface area contributed by atoms with Gasteiger partial charge in [-0.05, 0) is 12.0 Å². The van der Waals surface area contributed by atoms with E-state index in [9.17, 15) is 0 Å². The standard InChI is InChI=1S/C8H21ClSi2/c1-8(4-6-10)5-7-11(2,3)9/h8H,4-7H2,1-3,10H3. The first-order valence-corrected chi connectivity index (χ1v) is 10.3. The van der Waals surface area contributed by atoms with Gasteiger partial charge in [0.2, 0.25) is 0 Å². The fourth-order valence-corrected chi connectivity index (χ4v) is 3.72. The number of halogens is 1. The fourth-order valence-electron chi connectivity index (χ4n) is 1.23. The minimum Gasteiger partial charge on any atom is -0.168 e. The molecule has 0 amide bonds. The molecule has 0 aromatic heterocycles. The molecule has 11 heavy (non-hydrogen) atoms. The van der Waals surface area contributed by atoms with E-state index in [0.717, 1.165) is 5.92 Å². The van der Waals surface area contributed by atoms with Crippen molar-refractivity contribution in [1.29, 1.82) is 0 Å². The molecule has 0 saturated heterocycles. The molecule has 0 heterocycles. The summed E-state index contributed by atoms with van der Waals surface area (Å²) < 4.78 is 0. The summed E-state index contributed by atoms with van der Waals surface area (Å²) in [5.74, 6) is 0.915. The van der Waals surface area contributed by atoms with Gasteiger partial charge in [0.15, 0.2) is 7.38 Å². The van der Waals surface area contributed by atoms with Crippen LogP contribution in [0.4, 0.5) is 0 Å². The molecule has 0 rings (SSSR count). The van der Waals surface area contributed by atoms with Crippen molar-refractivity contribution in [3.63, 3.8) is 0 Å². The third kappa shape index (κ3) is 8.63. The van der Waals surface area contributed by atoms with Gasteiger partial charge in [0.1, 0.15) is 0 Å². The van der Waals surface area contributed by atoms with E-state index in [1.54, 1.807) is 0 Å². The highest BCUT2D eigenvalue weighted by Gasteiger charge is 2.17. The normalized spacial score (nSPS) is 15.3. The van der Waals surface area contributed by atoms with Crippen molar-refractivity contribution in [2.24, 2.45) is 5.92 Å². The molecule has 0 spiro atoms. The Bertz CT molecular complexity index is 98.8. The average molecular weight is 209 g/mol. The Balaban J connectivity index is 3.38. The van der Waals surface area contributed by atoms with E-state index in [1.807, 2.05) is 0 Å². The van der Waals surface area contributed by atoms with Gasteiger partial charge in [-0.3, -0.25) is 0 Å². The average Bonchev–Trinajstić information content (AvgIpc) is 1.83. The molecule has 0 fully saturated rings. The van der Waals surface area contributed by atoms with Crippen LogP contribution in [-0.2, 0) is 0 Å². The Labute approximate surface area is 79.9 Å². The van der Waals surface area contributed by atoms with Crippen molar-refractivity contribution >= 4 is 28.7 Å². The smallest absolute Gasteiger partial charge is 0.150 e. The molecule has 0 N–H and O–H groups in total. The lowest BCUT2D eigenvalue weighted by Crippen LogP contribution is -2.16. The maximum absolute atomic E-state index is 6.22. The molecule has 0 aliphatic carbocycles. The number of rotatable bonds is 5. The second kappa shape index (κ2) is 5.38. The molecule has 68 valence electrons. The lowest BCUT2D eigenvalue weighted by atomic mass is 10.1. The summed E-state index contributed by atoms with van der Waals surface area (Å²) in [4.78, 5) is 0. The van der Waals surface area contributed by atoms with Gasteiger partial charge in [-0.1, -0.05) is 38.9 Å². The summed E-state index contributed by atoms with van der Waals surface area (Å²) in [6.07, 6.45) is 2.78. The van der Waals surface area contributed by atoms with Crippen molar-refractivity contribution < 1.29 is 0 Å². The fraction of sp³-hybridized carbons (Fsp3) is 1.00. The predicted octanol–water partition coefficient (Wildman–Crippen LogP) is 2.63. The van der Waals surface area contributed by atoms with Crippen molar-refractivity contribution in [3.8, 4) is 0 Å². The van der Waals surface area contributed by atoms with Crippen molar-refractivity contribution in [1.82, 2.24) is 0 Å². The molecule has 0 aliphatic heterocycles. The number of hydrogen-bond donors (Lipinski definition) is 0. The summed E-state index contributed by atoms with van der Waals surface area (Å²) in [6, 6.07) is 2.74. The maximum Gasteiger partial charge on any atom is 0.150 e. The van der Waals surface area contributed by atoms with Gasteiger partial charge in [-0.2, -0.15) is 11.1 Å². The zero-order valence-electron chi connectivity index (χ0n) is 8.28. The van der Waals surface area contributed by atoms with Gasteiger partial charge in [0.05, 0.1) is 0 Å². The van der Waals surface area contributed by atoms with E-state index in [0.29, 0.717) is 0 Å². The minimum atomic E-state index is -1.27. The van der Waals surface area contributed by atoms with Crippen LogP contribution < -0.4 is 0 Å². The van der Waals surface area contributed by atoms with Crippen LogP contribution in [0.25, 0.3) is 0 Å². The first kappa shape index (κ1) is 11.7. The van der Waals surface area contributed by atoms with Crippen LogP contribution in [0.1, 0.15) is 19.8 Å². The van der Waals surface area contributed by atoms with E-state index in [2.05, 4.69) is 20.0 Å². The lowest BCUT2D eigenvalue weighted by Gasteiger charge is -2.16. The van der Waals surface area contributed by atoms with Crippen molar-refractivity contribution in [2.45, 2.75) is 44.9 Å². The van der Waals surface area contributed by atoms with Gasteiger partial charge in [-0.25, -0.2) is 0 Å². The highest BCUT2D eigenvalue weighted by atomic mass is 35.6. The molecule has 3 heteroatoms. The highest BCUT2D eigenvalue weighted by molar-refractivity contribution is 7.19. The van der Waals surface area contributed by atoms with Crippen LogP contribution in [0.15, 0.2) is 0 Å². The number of hydrogen-bond acceptors (Lipinski definition) is 0. The van der Waals surface area contributed by atoms with E-state index in [1.165, 1.54) is 35.2 Å². The second-order valence-electron chi connectivity index (χ2n) is 4.15. The van der Waals surface area contributed by atoms with Crippen molar-refractivity contribution in [3.05, 3.63) is 0 Å². The molecular weight excluding hydrogens is 188 g/mol. The summed E-state index contributed by atoms with van der Waals surface area (Å²) in [6.45, 7) is 6.83. The topological polar surface area (TPSA) is 0 Å². The molecule has 0 bridgehead atoms. The Morgan fingerprint density at radius 3 is 2.27 bits per heavy atom. The SMILES string of the molecule is CC(CC[SiH3])CC[Si](C)(C)Cl. The van der Waals surface area contributed by atoms with E-state index in [4.69, 9.17) is 11.1 Å². The van der Waals surface area contributed by atoms with Crippen LogP contribution in [0.5, 0.6) is 0 Å². The van der Waals surface area contributed by atoms with Crippen LogP contribution in [0, 0.1) is 5.92 Å². The quantitative estimate of drug-likeness (QED) is 0.482. The molecule has 0 saturated carbocycles. The lowest BCUT2D eigenvalue weighted by molar-refractivity contribution is 0.541. The first-order valence-electron chi connectivity index (χ1n) is 4.64. The van der Waals surface area contributed by atoms with E-state index < -0.39 is 7.38 Å². The monoisotopic (exact) mass is 208 g/mol. The summed E-state index contributed by atoms with van der Waals surface area (Å²) in [7, 11) is 0.0962. The van der Waals surface area contributed by atoms with E-state index >= 15 is 0 Å². The largest absolute Gasteiger partial charge is 0.168 e.